The molecule has 0 bridgehead atoms. The van der Waals surface area contributed by atoms with Gasteiger partial charge in [0, 0.05) is 17.6 Å². The smallest absolute Gasteiger partial charge is 0.243 e. The molecule has 0 saturated carbocycles. The number of halogens is 3. The van der Waals surface area contributed by atoms with E-state index in [4.69, 9.17) is 34.8 Å². The largest absolute Gasteiger partial charge is 0.315 e. The van der Waals surface area contributed by atoms with Crippen LogP contribution in [0.5, 0.6) is 0 Å². The molecule has 2 N–H and O–H groups in total. The Balaban J connectivity index is 2.29. The van der Waals surface area contributed by atoms with Crippen molar-refractivity contribution >= 4 is 44.8 Å². The monoisotopic (exact) mass is 342 g/mol. The molecule has 1 saturated heterocycles. The fraction of sp³-hybridized carbons (Fsp3) is 0.455. The van der Waals surface area contributed by atoms with Crippen LogP contribution in [0.3, 0.4) is 0 Å². The zero-order valence-electron chi connectivity index (χ0n) is 9.92. The van der Waals surface area contributed by atoms with Gasteiger partial charge in [-0.15, -0.1) is 0 Å². The van der Waals surface area contributed by atoms with Gasteiger partial charge in [-0.2, -0.15) is 0 Å². The van der Waals surface area contributed by atoms with Crippen molar-refractivity contribution in [2.24, 2.45) is 0 Å². The fourth-order valence-corrected chi connectivity index (χ4v) is 4.83. The molecule has 0 spiro atoms. The van der Waals surface area contributed by atoms with Gasteiger partial charge in [0.2, 0.25) is 10.0 Å². The van der Waals surface area contributed by atoms with Crippen LogP contribution in [-0.4, -0.2) is 27.5 Å². The minimum absolute atomic E-state index is 0.0220. The Bertz CT molecular complexity index is 548. The molecule has 0 aliphatic carbocycles. The second-order valence-electron chi connectivity index (χ2n) is 4.36. The highest BCUT2D eigenvalue weighted by Crippen LogP contribution is 2.32. The van der Waals surface area contributed by atoms with Crippen molar-refractivity contribution in [1.29, 1.82) is 0 Å². The number of piperidine rings is 1. The van der Waals surface area contributed by atoms with Gasteiger partial charge in [0.15, 0.2) is 0 Å². The minimum Gasteiger partial charge on any atom is -0.315 e. The highest BCUT2D eigenvalue weighted by atomic mass is 35.5. The molecule has 8 heteroatoms. The van der Waals surface area contributed by atoms with Crippen LogP contribution in [0.4, 0.5) is 0 Å². The molecule has 1 atom stereocenters. The molecule has 1 heterocycles. The molecular weight excluding hydrogens is 331 g/mol. The molecule has 106 valence electrons. The van der Waals surface area contributed by atoms with Gasteiger partial charge in [0.05, 0.1) is 10.0 Å². The number of hydrogen-bond donors (Lipinski definition) is 2. The van der Waals surface area contributed by atoms with Crippen LogP contribution >= 0.6 is 34.8 Å². The Kier molecular flexibility index (Phi) is 4.98. The van der Waals surface area contributed by atoms with Crippen molar-refractivity contribution in [3.63, 3.8) is 0 Å². The summed E-state index contributed by atoms with van der Waals surface area (Å²) in [6.07, 6.45) is 1.71. The lowest BCUT2D eigenvalue weighted by Crippen LogP contribution is -2.45. The Hall–Kier alpha value is -0.0400. The van der Waals surface area contributed by atoms with Crippen molar-refractivity contribution < 1.29 is 8.42 Å². The van der Waals surface area contributed by atoms with E-state index in [-0.39, 0.29) is 21.0 Å². The van der Waals surface area contributed by atoms with Crippen LogP contribution in [0.2, 0.25) is 15.1 Å². The van der Waals surface area contributed by atoms with Crippen molar-refractivity contribution in [3.05, 3.63) is 27.2 Å². The normalized spacial score (nSPS) is 20.5. The average molecular weight is 344 g/mol. The van der Waals surface area contributed by atoms with Gasteiger partial charge >= 0.3 is 0 Å². The van der Waals surface area contributed by atoms with E-state index in [1.165, 1.54) is 12.1 Å². The molecule has 1 aliphatic heterocycles. The van der Waals surface area contributed by atoms with Crippen molar-refractivity contribution in [3.8, 4) is 0 Å². The molecule has 2 rings (SSSR count). The summed E-state index contributed by atoms with van der Waals surface area (Å²) >= 11 is 17.6. The standard InChI is InChI=1S/C11H13Cl3N2O2S/c12-7-4-9(13)11(10(14)5-7)19(17,18)16-8-2-1-3-15-6-8/h4-5,8,15-16H,1-3,6H2/t8-/m0/s1. The maximum atomic E-state index is 12.3. The van der Waals surface area contributed by atoms with Crippen molar-refractivity contribution in [2.45, 2.75) is 23.8 Å². The van der Waals surface area contributed by atoms with Crippen LogP contribution in [0.15, 0.2) is 17.0 Å². The third-order valence-corrected chi connectivity index (χ3v) is 5.51. The molecule has 1 aliphatic rings. The Labute approximate surface area is 127 Å². The maximum absolute atomic E-state index is 12.3. The zero-order valence-corrected chi connectivity index (χ0v) is 13.0. The lowest BCUT2D eigenvalue weighted by atomic mass is 10.1. The SMILES string of the molecule is O=S(=O)(N[C@H]1CCCNC1)c1c(Cl)cc(Cl)cc1Cl. The predicted octanol–water partition coefficient (Wildman–Crippen LogP) is 2.68. The Morgan fingerprint density at radius 2 is 1.84 bits per heavy atom. The molecule has 1 aromatic carbocycles. The van der Waals surface area contributed by atoms with Gasteiger partial charge in [0.1, 0.15) is 4.90 Å². The summed E-state index contributed by atoms with van der Waals surface area (Å²) in [6, 6.07) is 2.58. The zero-order chi connectivity index (χ0) is 14.0. The highest BCUT2D eigenvalue weighted by molar-refractivity contribution is 7.89. The summed E-state index contributed by atoms with van der Waals surface area (Å²) in [6.45, 7) is 1.50. The van der Waals surface area contributed by atoms with Crippen LogP contribution in [0.1, 0.15) is 12.8 Å². The quantitative estimate of drug-likeness (QED) is 0.887. The van der Waals surface area contributed by atoms with Gasteiger partial charge < -0.3 is 5.32 Å². The van der Waals surface area contributed by atoms with Crippen LogP contribution in [-0.2, 0) is 10.0 Å². The van der Waals surface area contributed by atoms with Gasteiger partial charge in [-0.25, -0.2) is 13.1 Å². The molecule has 0 amide bonds. The minimum atomic E-state index is -3.75. The van der Waals surface area contributed by atoms with E-state index < -0.39 is 10.0 Å². The van der Waals surface area contributed by atoms with E-state index in [1.807, 2.05) is 0 Å². The first kappa shape index (κ1) is 15.4. The topological polar surface area (TPSA) is 58.2 Å². The molecule has 1 aromatic rings. The third-order valence-electron chi connectivity index (χ3n) is 2.85. The van der Waals surface area contributed by atoms with Crippen LogP contribution in [0.25, 0.3) is 0 Å². The van der Waals surface area contributed by atoms with E-state index in [1.54, 1.807) is 0 Å². The maximum Gasteiger partial charge on any atom is 0.243 e. The Morgan fingerprint density at radius 3 is 2.37 bits per heavy atom. The lowest BCUT2D eigenvalue weighted by molar-refractivity contribution is 0.428. The fourth-order valence-electron chi connectivity index (χ4n) is 2.02. The summed E-state index contributed by atoms with van der Waals surface area (Å²) in [5.41, 5.74) is 0. The van der Waals surface area contributed by atoms with E-state index >= 15 is 0 Å². The average Bonchev–Trinajstić information content (AvgIpc) is 2.27. The van der Waals surface area contributed by atoms with E-state index in [9.17, 15) is 8.42 Å². The first-order chi connectivity index (χ1) is 8.90. The molecule has 0 radical (unpaired) electrons. The Morgan fingerprint density at radius 1 is 1.21 bits per heavy atom. The highest BCUT2D eigenvalue weighted by Gasteiger charge is 2.26. The number of hydrogen-bond acceptors (Lipinski definition) is 3. The molecular formula is C11H13Cl3N2O2S. The molecule has 4 nitrogen and oxygen atoms in total. The second-order valence-corrected chi connectivity index (χ2v) is 7.26. The number of rotatable bonds is 3. The molecule has 0 unspecified atom stereocenters. The van der Waals surface area contributed by atoms with Gasteiger partial charge in [0.25, 0.3) is 0 Å². The van der Waals surface area contributed by atoms with E-state index in [0.717, 1.165) is 19.4 Å². The summed E-state index contributed by atoms with van der Waals surface area (Å²) in [5, 5.41) is 3.48. The van der Waals surface area contributed by atoms with E-state index in [0.29, 0.717) is 11.6 Å². The van der Waals surface area contributed by atoms with Gasteiger partial charge in [-0.05, 0) is 31.5 Å². The summed E-state index contributed by atoms with van der Waals surface area (Å²) < 4.78 is 27.2. The van der Waals surface area contributed by atoms with Crippen molar-refractivity contribution in [2.75, 3.05) is 13.1 Å². The van der Waals surface area contributed by atoms with Crippen LogP contribution < -0.4 is 10.0 Å². The summed E-state index contributed by atoms with van der Waals surface area (Å²) in [5.74, 6) is 0. The lowest BCUT2D eigenvalue weighted by Gasteiger charge is -2.24. The van der Waals surface area contributed by atoms with Crippen LogP contribution in [0, 0.1) is 0 Å². The number of sulfonamides is 1. The number of nitrogens with one attached hydrogen (secondary N) is 2. The molecule has 1 fully saturated rings. The predicted molar refractivity (Wildman–Crippen MR) is 77.7 cm³/mol. The molecule has 0 aromatic heterocycles. The van der Waals surface area contributed by atoms with Gasteiger partial charge in [-0.3, -0.25) is 0 Å². The summed E-state index contributed by atoms with van der Waals surface area (Å²) in [7, 11) is -3.75. The first-order valence-electron chi connectivity index (χ1n) is 5.78. The number of benzene rings is 1. The first-order valence-corrected chi connectivity index (χ1v) is 8.39. The second kappa shape index (κ2) is 6.16. The third kappa shape index (κ3) is 3.74. The molecule has 19 heavy (non-hydrogen) atoms. The van der Waals surface area contributed by atoms with E-state index in [2.05, 4.69) is 10.0 Å². The van der Waals surface area contributed by atoms with Crippen molar-refractivity contribution in [1.82, 2.24) is 10.0 Å². The van der Waals surface area contributed by atoms with Gasteiger partial charge in [-0.1, -0.05) is 34.8 Å². The summed E-state index contributed by atoms with van der Waals surface area (Å²) in [4.78, 5) is -0.120.